The molecule has 9 nitrogen and oxygen atoms in total. The first-order chi connectivity index (χ1) is 13.1. The Bertz CT molecular complexity index is 972. The predicted octanol–water partition coefficient (Wildman–Crippen LogP) is 2.25. The first-order valence-electron chi connectivity index (χ1n) is 8.44. The van der Waals surface area contributed by atoms with Crippen molar-refractivity contribution in [1.29, 1.82) is 0 Å². The average molecular weight is 387 g/mol. The highest BCUT2D eigenvalue weighted by Gasteiger charge is 2.20. The number of anilines is 1. The van der Waals surface area contributed by atoms with Gasteiger partial charge in [0.25, 0.3) is 11.6 Å². The molecule has 0 atom stereocenters. The fraction of sp³-hybridized carbons (Fsp3) is 0.294. The molecule has 3 aromatic rings. The molecule has 0 bridgehead atoms. The van der Waals surface area contributed by atoms with Crippen LogP contribution in [0.4, 0.5) is 11.4 Å². The van der Waals surface area contributed by atoms with Gasteiger partial charge in [0.2, 0.25) is 0 Å². The third-order valence-electron chi connectivity index (χ3n) is 4.47. The number of piperazine rings is 1. The van der Waals surface area contributed by atoms with Crippen molar-refractivity contribution in [2.24, 2.45) is 0 Å². The van der Waals surface area contributed by atoms with E-state index in [2.05, 4.69) is 14.9 Å². The number of nitrogens with zero attached hydrogens (tertiary/aromatic N) is 5. The van der Waals surface area contributed by atoms with Crippen molar-refractivity contribution in [2.75, 3.05) is 31.1 Å². The van der Waals surface area contributed by atoms with Crippen molar-refractivity contribution in [2.45, 2.75) is 6.67 Å². The van der Waals surface area contributed by atoms with Gasteiger partial charge in [0.15, 0.2) is 0 Å². The SMILES string of the molecule is O=c1oc(-c2cccs2)nn1CN1CCN(c2ccc([N+](=O)[O-])cc2)CC1. The van der Waals surface area contributed by atoms with Gasteiger partial charge in [0.05, 0.1) is 9.80 Å². The lowest BCUT2D eigenvalue weighted by atomic mass is 10.2. The molecule has 0 saturated carbocycles. The number of hydrogen-bond acceptors (Lipinski definition) is 8. The zero-order chi connectivity index (χ0) is 18.8. The van der Waals surface area contributed by atoms with Crippen LogP contribution in [0.5, 0.6) is 0 Å². The molecule has 1 aliphatic rings. The summed E-state index contributed by atoms with van der Waals surface area (Å²) in [6, 6.07) is 10.3. The topological polar surface area (TPSA) is 97.7 Å². The first-order valence-corrected chi connectivity index (χ1v) is 9.32. The van der Waals surface area contributed by atoms with Crippen LogP contribution in [0.1, 0.15) is 0 Å². The van der Waals surface area contributed by atoms with E-state index in [-0.39, 0.29) is 5.69 Å². The Morgan fingerprint density at radius 3 is 2.52 bits per heavy atom. The summed E-state index contributed by atoms with van der Waals surface area (Å²) in [5.41, 5.74) is 1.04. The lowest BCUT2D eigenvalue weighted by Gasteiger charge is -2.35. The average Bonchev–Trinajstić information content (AvgIpc) is 3.33. The summed E-state index contributed by atoms with van der Waals surface area (Å²) >= 11 is 1.47. The Kier molecular flexibility index (Phi) is 4.73. The second-order valence-electron chi connectivity index (χ2n) is 6.17. The smallest absolute Gasteiger partial charge is 0.387 e. The maximum Gasteiger partial charge on any atom is 0.438 e. The first kappa shape index (κ1) is 17.4. The van der Waals surface area contributed by atoms with Gasteiger partial charge in [-0.05, 0) is 23.6 Å². The minimum Gasteiger partial charge on any atom is -0.387 e. The van der Waals surface area contributed by atoms with Crippen molar-refractivity contribution in [3.8, 4) is 10.8 Å². The van der Waals surface area contributed by atoms with Crippen LogP contribution in [0.2, 0.25) is 0 Å². The van der Waals surface area contributed by atoms with Crippen molar-refractivity contribution in [3.05, 3.63) is 62.4 Å². The van der Waals surface area contributed by atoms with Crippen LogP contribution >= 0.6 is 11.3 Å². The summed E-state index contributed by atoms with van der Waals surface area (Å²) in [7, 11) is 0. The zero-order valence-electron chi connectivity index (χ0n) is 14.4. The molecular weight excluding hydrogens is 370 g/mol. The Hall–Kier alpha value is -2.98. The molecule has 1 saturated heterocycles. The van der Waals surface area contributed by atoms with Gasteiger partial charge in [-0.1, -0.05) is 6.07 Å². The number of benzene rings is 1. The summed E-state index contributed by atoms with van der Waals surface area (Å²) in [5.74, 6) is -0.115. The van der Waals surface area contributed by atoms with Crippen LogP contribution < -0.4 is 10.7 Å². The van der Waals surface area contributed by atoms with Crippen LogP contribution in [0.15, 0.2) is 51.0 Å². The molecule has 3 heterocycles. The molecule has 0 aliphatic carbocycles. The lowest BCUT2D eigenvalue weighted by molar-refractivity contribution is -0.384. The second kappa shape index (κ2) is 7.33. The molecule has 2 aromatic heterocycles. The highest BCUT2D eigenvalue weighted by molar-refractivity contribution is 7.13. The fourth-order valence-corrected chi connectivity index (χ4v) is 3.66. The maximum absolute atomic E-state index is 12.0. The van der Waals surface area contributed by atoms with Crippen LogP contribution in [-0.4, -0.2) is 45.8 Å². The van der Waals surface area contributed by atoms with E-state index in [1.54, 1.807) is 12.1 Å². The molecule has 4 rings (SSSR count). The summed E-state index contributed by atoms with van der Waals surface area (Å²) < 4.78 is 6.58. The Morgan fingerprint density at radius 2 is 1.89 bits per heavy atom. The third-order valence-corrected chi connectivity index (χ3v) is 5.33. The van der Waals surface area contributed by atoms with Gasteiger partial charge >= 0.3 is 5.76 Å². The third kappa shape index (κ3) is 3.76. The van der Waals surface area contributed by atoms with Gasteiger partial charge in [-0.15, -0.1) is 16.4 Å². The molecule has 0 radical (unpaired) electrons. The van der Waals surface area contributed by atoms with Gasteiger partial charge < -0.3 is 9.32 Å². The number of hydrogen-bond donors (Lipinski definition) is 0. The number of non-ortho nitro benzene ring substituents is 1. The van der Waals surface area contributed by atoms with Crippen molar-refractivity contribution < 1.29 is 9.34 Å². The van der Waals surface area contributed by atoms with Crippen LogP contribution in [0.25, 0.3) is 10.8 Å². The van der Waals surface area contributed by atoms with E-state index in [9.17, 15) is 14.9 Å². The van der Waals surface area contributed by atoms with Crippen LogP contribution in [0.3, 0.4) is 0 Å². The predicted molar refractivity (Wildman–Crippen MR) is 101 cm³/mol. The van der Waals surface area contributed by atoms with Gasteiger partial charge in [-0.2, -0.15) is 4.68 Å². The number of rotatable bonds is 5. The number of nitro benzene ring substituents is 1. The van der Waals surface area contributed by atoms with E-state index in [1.165, 1.54) is 28.2 Å². The van der Waals surface area contributed by atoms with Crippen molar-refractivity contribution >= 4 is 22.7 Å². The molecule has 10 heteroatoms. The molecule has 0 amide bonds. The Balaban J connectivity index is 1.37. The van der Waals surface area contributed by atoms with Gasteiger partial charge in [0, 0.05) is 44.0 Å². The monoisotopic (exact) mass is 387 g/mol. The summed E-state index contributed by atoms with van der Waals surface area (Å²) in [5, 5.41) is 16.9. The van der Waals surface area contributed by atoms with Crippen molar-refractivity contribution in [1.82, 2.24) is 14.7 Å². The Labute approximate surface area is 158 Å². The Morgan fingerprint density at radius 1 is 1.15 bits per heavy atom. The summed E-state index contributed by atoms with van der Waals surface area (Å²) in [6.07, 6.45) is 0. The molecule has 27 heavy (non-hydrogen) atoms. The minimum absolute atomic E-state index is 0.0874. The second-order valence-corrected chi connectivity index (χ2v) is 7.12. The van der Waals surface area contributed by atoms with E-state index in [1.807, 2.05) is 17.5 Å². The van der Waals surface area contributed by atoms with Crippen LogP contribution in [-0.2, 0) is 6.67 Å². The summed E-state index contributed by atoms with van der Waals surface area (Å²) in [6.45, 7) is 3.42. The van der Waals surface area contributed by atoms with Crippen molar-refractivity contribution in [3.63, 3.8) is 0 Å². The molecular formula is C17H17N5O4S. The molecule has 1 aliphatic heterocycles. The van der Waals surface area contributed by atoms with Gasteiger partial charge in [-0.3, -0.25) is 15.0 Å². The summed E-state index contributed by atoms with van der Waals surface area (Å²) in [4.78, 5) is 27.5. The lowest BCUT2D eigenvalue weighted by Crippen LogP contribution is -2.47. The van der Waals surface area contributed by atoms with Crippen LogP contribution in [0, 0.1) is 10.1 Å². The standard InChI is InChI=1S/C17H17N5O4S/c23-17-21(18-16(26-17)15-2-1-11-27-15)12-19-7-9-20(10-8-19)13-3-5-14(6-4-13)22(24)25/h1-6,11H,7-10,12H2. The molecule has 0 spiro atoms. The fourth-order valence-electron chi connectivity index (χ4n) is 3.02. The van der Waals surface area contributed by atoms with E-state index in [0.29, 0.717) is 12.6 Å². The largest absolute Gasteiger partial charge is 0.438 e. The molecule has 0 unspecified atom stereocenters. The van der Waals surface area contributed by atoms with E-state index in [0.717, 1.165) is 36.7 Å². The molecule has 140 valence electrons. The normalized spacial score (nSPS) is 15.2. The van der Waals surface area contributed by atoms with Gasteiger partial charge in [0.1, 0.15) is 6.67 Å². The molecule has 1 aromatic carbocycles. The number of nitro groups is 1. The zero-order valence-corrected chi connectivity index (χ0v) is 15.2. The maximum atomic E-state index is 12.0. The molecule has 0 N–H and O–H groups in total. The van der Waals surface area contributed by atoms with E-state index >= 15 is 0 Å². The molecule has 1 fully saturated rings. The number of aromatic nitrogens is 2. The number of thiophene rings is 1. The highest BCUT2D eigenvalue weighted by Crippen LogP contribution is 2.22. The quantitative estimate of drug-likeness (QED) is 0.489. The van der Waals surface area contributed by atoms with E-state index in [4.69, 9.17) is 4.42 Å². The van der Waals surface area contributed by atoms with Gasteiger partial charge in [-0.25, -0.2) is 4.79 Å². The highest BCUT2D eigenvalue weighted by atomic mass is 32.1. The van der Waals surface area contributed by atoms with E-state index < -0.39 is 10.7 Å². The minimum atomic E-state index is -0.462.